The molecule has 0 aliphatic heterocycles. The van der Waals surface area contributed by atoms with E-state index in [9.17, 15) is 4.79 Å². The Morgan fingerprint density at radius 1 is 1.12 bits per heavy atom. The number of benzene rings is 1. The summed E-state index contributed by atoms with van der Waals surface area (Å²) in [5, 5.41) is 2.77. The summed E-state index contributed by atoms with van der Waals surface area (Å²) < 4.78 is 4.25. The number of hydrogen-bond acceptors (Lipinski definition) is 3. The Labute approximate surface area is 160 Å². The molecule has 1 rings (SSSR count). The minimum atomic E-state index is -0.0541. The third kappa shape index (κ3) is 11.8. The van der Waals surface area contributed by atoms with Crippen molar-refractivity contribution in [3.05, 3.63) is 29.8 Å². The second kappa shape index (κ2) is 11.1. The van der Waals surface area contributed by atoms with Gasteiger partial charge >= 0.3 is 0 Å². The van der Waals surface area contributed by atoms with Gasteiger partial charge in [-0.2, -0.15) is 0 Å². The molecule has 4 heteroatoms. The van der Waals surface area contributed by atoms with Crippen molar-refractivity contribution < 1.29 is 9.53 Å². The number of anilines is 1. The molecule has 1 atom stereocenters. The number of carbonyl (C=O) groups excluding carboxylic acids is 1. The normalized spacial score (nSPS) is 13.1. The topological polar surface area (TPSA) is 50.7 Å². The second-order valence-corrected chi connectivity index (χ2v) is 9.03. The van der Waals surface area contributed by atoms with Crippen molar-refractivity contribution in [3.63, 3.8) is 0 Å². The molecule has 0 saturated heterocycles. The lowest BCUT2D eigenvalue weighted by atomic mass is 9.72. The largest absolute Gasteiger partial charge is 0.388 e. The Balaban J connectivity index is 0.00000194. The van der Waals surface area contributed by atoms with Gasteiger partial charge in [0.15, 0.2) is 0 Å². The van der Waals surface area contributed by atoms with Gasteiger partial charge in [0.25, 0.3) is 0 Å². The Kier molecular flexibility index (Phi) is 10.4. The number of ether oxygens (including phenoxy) is 1. The molecule has 0 saturated carbocycles. The van der Waals surface area contributed by atoms with Crippen LogP contribution in [0.4, 0.5) is 5.69 Å². The van der Waals surface area contributed by atoms with Crippen LogP contribution in [-0.4, -0.2) is 32.9 Å². The molecule has 1 aromatic carbocycles. The molecule has 4 nitrogen and oxygen atoms in total. The second-order valence-electron chi connectivity index (χ2n) is 9.03. The molecule has 1 aromatic rings. The van der Waals surface area contributed by atoms with Crippen molar-refractivity contribution in [1.82, 2.24) is 0 Å². The molecular weight excluding hydrogens is 324 g/mol. The summed E-state index contributed by atoms with van der Waals surface area (Å²) >= 11 is 0. The van der Waals surface area contributed by atoms with Crippen LogP contribution in [0.25, 0.3) is 0 Å². The predicted molar refractivity (Wildman–Crippen MR) is 113 cm³/mol. The summed E-state index contributed by atoms with van der Waals surface area (Å²) in [6, 6.07) is 7.76. The SMILES string of the molecule is CC(=O)Nc1ccc(C=NCC(CC(C)(C)C)C(C)(C)C)cc1.COC. The molecule has 0 aliphatic carbocycles. The van der Waals surface area contributed by atoms with Crippen LogP contribution in [0.1, 0.15) is 60.5 Å². The quantitative estimate of drug-likeness (QED) is 0.711. The molecule has 0 bridgehead atoms. The van der Waals surface area contributed by atoms with Crippen LogP contribution in [0, 0.1) is 16.7 Å². The zero-order valence-corrected chi connectivity index (χ0v) is 18.1. The maximum atomic E-state index is 11.0. The van der Waals surface area contributed by atoms with E-state index in [1.807, 2.05) is 30.5 Å². The van der Waals surface area contributed by atoms with Crippen LogP contribution in [0.2, 0.25) is 0 Å². The van der Waals surface area contributed by atoms with Crippen molar-refractivity contribution in [2.75, 3.05) is 26.1 Å². The molecule has 0 radical (unpaired) electrons. The first kappa shape index (κ1) is 24.3. The molecular formula is C22H38N2O2. The highest BCUT2D eigenvalue weighted by atomic mass is 16.4. The van der Waals surface area contributed by atoms with Gasteiger partial charge < -0.3 is 10.1 Å². The summed E-state index contributed by atoms with van der Waals surface area (Å²) in [6.07, 6.45) is 3.09. The van der Waals surface area contributed by atoms with E-state index in [2.05, 4.69) is 56.6 Å². The number of nitrogens with one attached hydrogen (secondary N) is 1. The highest BCUT2D eigenvalue weighted by Crippen LogP contribution is 2.36. The molecule has 26 heavy (non-hydrogen) atoms. The smallest absolute Gasteiger partial charge is 0.221 e. The number of hydrogen-bond donors (Lipinski definition) is 1. The molecule has 0 fully saturated rings. The average Bonchev–Trinajstić information content (AvgIpc) is 2.46. The first-order chi connectivity index (χ1) is 11.9. The fourth-order valence-electron chi connectivity index (χ4n) is 2.52. The van der Waals surface area contributed by atoms with Crippen LogP contribution < -0.4 is 5.32 Å². The first-order valence-corrected chi connectivity index (χ1v) is 9.16. The van der Waals surface area contributed by atoms with Gasteiger partial charge in [0, 0.05) is 39.6 Å². The third-order valence-corrected chi connectivity index (χ3v) is 3.88. The molecule has 0 aromatic heterocycles. The summed E-state index contributed by atoms with van der Waals surface area (Å²) in [7, 11) is 3.25. The van der Waals surface area contributed by atoms with Gasteiger partial charge in [-0.1, -0.05) is 53.7 Å². The minimum Gasteiger partial charge on any atom is -0.388 e. The van der Waals surface area contributed by atoms with Gasteiger partial charge in [0.05, 0.1) is 0 Å². The monoisotopic (exact) mass is 362 g/mol. The Morgan fingerprint density at radius 3 is 2.00 bits per heavy atom. The number of methoxy groups -OCH3 is 1. The summed E-state index contributed by atoms with van der Waals surface area (Å²) in [5.41, 5.74) is 2.44. The number of carbonyl (C=O) groups is 1. The average molecular weight is 363 g/mol. The zero-order valence-electron chi connectivity index (χ0n) is 18.1. The van der Waals surface area contributed by atoms with Crippen molar-refractivity contribution in [1.29, 1.82) is 0 Å². The number of rotatable bonds is 5. The van der Waals surface area contributed by atoms with Gasteiger partial charge in [-0.25, -0.2) is 0 Å². The van der Waals surface area contributed by atoms with Crippen molar-refractivity contribution in [2.24, 2.45) is 21.7 Å². The van der Waals surface area contributed by atoms with E-state index in [4.69, 9.17) is 0 Å². The van der Waals surface area contributed by atoms with E-state index in [0.29, 0.717) is 11.3 Å². The van der Waals surface area contributed by atoms with Gasteiger partial charge in [0.1, 0.15) is 0 Å². The van der Waals surface area contributed by atoms with E-state index in [1.54, 1.807) is 14.2 Å². The van der Waals surface area contributed by atoms with Gasteiger partial charge in [0.2, 0.25) is 5.91 Å². The van der Waals surface area contributed by atoms with E-state index in [0.717, 1.165) is 24.2 Å². The summed E-state index contributed by atoms with van der Waals surface area (Å²) in [6.45, 7) is 16.1. The molecule has 1 N–H and O–H groups in total. The van der Waals surface area contributed by atoms with Crippen molar-refractivity contribution in [3.8, 4) is 0 Å². The minimum absolute atomic E-state index is 0.0541. The fraction of sp³-hybridized carbons (Fsp3) is 0.636. The molecule has 1 unspecified atom stereocenters. The lowest BCUT2D eigenvalue weighted by Gasteiger charge is -2.34. The molecule has 0 aliphatic rings. The lowest BCUT2D eigenvalue weighted by molar-refractivity contribution is -0.114. The van der Waals surface area contributed by atoms with Crippen LogP contribution >= 0.6 is 0 Å². The Bertz CT molecular complexity index is 549. The summed E-state index contributed by atoms with van der Waals surface area (Å²) in [4.78, 5) is 15.7. The van der Waals surface area contributed by atoms with Crippen LogP contribution in [0.15, 0.2) is 29.3 Å². The fourth-order valence-corrected chi connectivity index (χ4v) is 2.52. The Hall–Kier alpha value is -1.68. The van der Waals surface area contributed by atoms with Crippen LogP contribution in [-0.2, 0) is 9.53 Å². The highest BCUT2D eigenvalue weighted by molar-refractivity contribution is 5.89. The molecule has 1 amide bonds. The van der Waals surface area contributed by atoms with Gasteiger partial charge in [-0.05, 0) is 40.9 Å². The van der Waals surface area contributed by atoms with E-state index in [-0.39, 0.29) is 11.3 Å². The van der Waals surface area contributed by atoms with Crippen LogP contribution in [0.3, 0.4) is 0 Å². The van der Waals surface area contributed by atoms with Crippen molar-refractivity contribution >= 4 is 17.8 Å². The number of aliphatic imine (C=N–C) groups is 1. The van der Waals surface area contributed by atoms with Crippen molar-refractivity contribution in [2.45, 2.75) is 54.9 Å². The first-order valence-electron chi connectivity index (χ1n) is 9.16. The lowest BCUT2D eigenvalue weighted by Crippen LogP contribution is -2.28. The molecule has 0 spiro atoms. The molecule has 0 heterocycles. The van der Waals surface area contributed by atoms with Gasteiger partial charge in [-0.15, -0.1) is 0 Å². The summed E-state index contributed by atoms with van der Waals surface area (Å²) in [5.74, 6) is 0.499. The predicted octanol–water partition coefficient (Wildman–Crippen LogP) is 5.43. The highest BCUT2D eigenvalue weighted by Gasteiger charge is 2.28. The van der Waals surface area contributed by atoms with Crippen LogP contribution in [0.5, 0.6) is 0 Å². The van der Waals surface area contributed by atoms with E-state index < -0.39 is 0 Å². The zero-order chi connectivity index (χ0) is 20.4. The van der Waals surface area contributed by atoms with Gasteiger partial charge in [-0.3, -0.25) is 9.79 Å². The number of amides is 1. The maximum absolute atomic E-state index is 11.0. The third-order valence-electron chi connectivity index (χ3n) is 3.88. The maximum Gasteiger partial charge on any atom is 0.221 e. The molecule has 148 valence electrons. The van der Waals surface area contributed by atoms with E-state index >= 15 is 0 Å². The standard InChI is InChI=1S/C20H32N2O.C2H6O/c1-15(23)22-18-10-8-16(9-11-18)13-21-14-17(20(5,6)7)12-19(2,3)4;1-3-2/h8-11,13,17H,12,14H2,1-7H3,(H,22,23);1-2H3. The van der Waals surface area contributed by atoms with E-state index in [1.165, 1.54) is 6.92 Å². The number of nitrogens with zero attached hydrogens (tertiary/aromatic N) is 1. The Morgan fingerprint density at radius 2 is 1.62 bits per heavy atom.